The molecule has 3 aliphatic rings. The van der Waals surface area contributed by atoms with Gasteiger partial charge in [0.1, 0.15) is 0 Å². The van der Waals surface area contributed by atoms with E-state index in [1.54, 1.807) is 0 Å². The van der Waals surface area contributed by atoms with Crippen molar-refractivity contribution in [3.8, 4) is 0 Å². The zero-order valence-corrected chi connectivity index (χ0v) is 19.1. The van der Waals surface area contributed by atoms with Crippen molar-refractivity contribution in [2.75, 3.05) is 13.1 Å². The summed E-state index contributed by atoms with van der Waals surface area (Å²) in [5.41, 5.74) is 5.31. The van der Waals surface area contributed by atoms with Crippen molar-refractivity contribution in [3.05, 3.63) is 71.8 Å². The van der Waals surface area contributed by atoms with E-state index in [4.69, 9.17) is 5.73 Å². The molecule has 0 spiro atoms. The highest BCUT2D eigenvalue weighted by Crippen LogP contribution is 2.44. The average molecular weight is 450 g/mol. The molecule has 6 heteroatoms. The van der Waals surface area contributed by atoms with Crippen molar-refractivity contribution < 1.29 is 14.7 Å². The fourth-order valence-corrected chi connectivity index (χ4v) is 5.46. The van der Waals surface area contributed by atoms with Crippen LogP contribution in [0.5, 0.6) is 0 Å². The molecule has 1 aliphatic heterocycles. The van der Waals surface area contributed by atoms with Gasteiger partial charge < -0.3 is 21.5 Å². The Bertz CT molecular complexity index is 920. The van der Waals surface area contributed by atoms with E-state index in [1.165, 1.54) is 6.42 Å². The molecule has 4 atom stereocenters. The van der Waals surface area contributed by atoms with Crippen LogP contribution in [-0.2, 0) is 21.6 Å². The van der Waals surface area contributed by atoms with Gasteiger partial charge in [0.25, 0.3) is 5.91 Å². The van der Waals surface area contributed by atoms with Gasteiger partial charge in [-0.25, -0.2) is 0 Å². The minimum atomic E-state index is -1.38. The van der Waals surface area contributed by atoms with E-state index >= 15 is 0 Å². The fourth-order valence-electron chi connectivity index (χ4n) is 5.46. The summed E-state index contributed by atoms with van der Waals surface area (Å²) in [5, 5.41) is 18.0. The number of benzene rings is 2. The summed E-state index contributed by atoms with van der Waals surface area (Å²) in [4.78, 5) is 23.5. The summed E-state index contributed by atoms with van der Waals surface area (Å²) >= 11 is 0. The van der Waals surface area contributed by atoms with Crippen LogP contribution >= 0.6 is 0 Å². The Morgan fingerprint density at radius 1 is 0.939 bits per heavy atom. The molecule has 2 aromatic rings. The van der Waals surface area contributed by atoms with E-state index in [-0.39, 0.29) is 23.8 Å². The van der Waals surface area contributed by atoms with Gasteiger partial charge in [-0.2, -0.15) is 0 Å². The third-order valence-electron chi connectivity index (χ3n) is 7.37. The number of amides is 2. The molecule has 6 nitrogen and oxygen atoms in total. The Labute approximate surface area is 196 Å². The topological polar surface area (TPSA) is 104 Å². The van der Waals surface area contributed by atoms with Crippen molar-refractivity contribution in [2.24, 2.45) is 23.5 Å². The molecular weight excluding hydrogens is 414 g/mol. The first-order valence-electron chi connectivity index (χ1n) is 12.1. The average Bonchev–Trinajstić information content (AvgIpc) is 3.25. The predicted molar refractivity (Wildman–Crippen MR) is 128 cm³/mol. The van der Waals surface area contributed by atoms with Crippen LogP contribution in [0.3, 0.4) is 0 Å². The molecule has 2 aromatic carbocycles. The summed E-state index contributed by atoms with van der Waals surface area (Å²) in [5.74, 6) is 0.673. The lowest BCUT2D eigenvalue weighted by Gasteiger charge is -2.37. The molecule has 5 rings (SSSR count). The van der Waals surface area contributed by atoms with Crippen molar-refractivity contribution in [3.63, 3.8) is 0 Å². The van der Waals surface area contributed by atoms with Crippen molar-refractivity contribution in [1.82, 2.24) is 10.6 Å². The van der Waals surface area contributed by atoms with Crippen LogP contribution in [0.15, 0.2) is 60.7 Å². The second-order valence-electron chi connectivity index (χ2n) is 9.58. The van der Waals surface area contributed by atoms with Crippen LogP contribution in [0, 0.1) is 17.8 Å². The molecule has 0 radical (unpaired) electrons. The Morgan fingerprint density at radius 3 is 2.09 bits per heavy atom. The molecule has 2 unspecified atom stereocenters. The summed E-state index contributed by atoms with van der Waals surface area (Å²) in [6.07, 6.45) is 5.61. The van der Waals surface area contributed by atoms with Gasteiger partial charge >= 0.3 is 0 Å². The molecule has 1 heterocycles. The van der Waals surface area contributed by atoms with Crippen molar-refractivity contribution in [1.29, 1.82) is 0 Å². The van der Waals surface area contributed by atoms with E-state index in [2.05, 4.69) is 10.6 Å². The number of fused-ring (bicyclic) bond motifs is 1. The Morgan fingerprint density at radius 2 is 1.52 bits per heavy atom. The SMILES string of the molecule is NC(=O)Cc1ccccc1.O=C(N[C@H]1C2CNC[C@@H]21)C(O)(c1ccccc1)C1CCCCC1. The van der Waals surface area contributed by atoms with Gasteiger partial charge in [0.05, 0.1) is 6.42 Å². The number of carbonyl (C=O) groups excluding carboxylic acids is 2. The Balaban J connectivity index is 0.000000219. The zero-order valence-electron chi connectivity index (χ0n) is 19.1. The van der Waals surface area contributed by atoms with E-state index in [0.29, 0.717) is 18.3 Å². The number of aliphatic hydroxyl groups is 1. The molecule has 2 aliphatic carbocycles. The normalized spacial score (nSPS) is 25.7. The second kappa shape index (κ2) is 10.5. The number of primary amides is 1. The molecule has 176 valence electrons. The molecule has 0 bridgehead atoms. The molecule has 33 heavy (non-hydrogen) atoms. The highest BCUT2D eigenvalue weighted by atomic mass is 16.3. The van der Waals surface area contributed by atoms with Gasteiger partial charge in [-0.3, -0.25) is 9.59 Å². The number of hydrogen-bond acceptors (Lipinski definition) is 4. The Hall–Kier alpha value is -2.70. The smallest absolute Gasteiger partial charge is 0.257 e. The number of piperidine rings is 1. The number of nitrogens with two attached hydrogens (primary N) is 1. The summed E-state index contributed by atoms with van der Waals surface area (Å²) < 4.78 is 0. The monoisotopic (exact) mass is 449 g/mol. The third kappa shape index (κ3) is 5.45. The lowest BCUT2D eigenvalue weighted by atomic mass is 9.73. The van der Waals surface area contributed by atoms with E-state index in [9.17, 15) is 14.7 Å². The van der Waals surface area contributed by atoms with Gasteiger partial charge in [-0.1, -0.05) is 79.9 Å². The minimum Gasteiger partial charge on any atom is -0.375 e. The zero-order chi connectivity index (χ0) is 23.3. The highest BCUT2D eigenvalue weighted by Gasteiger charge is 2.56. The van der Waals surface area contributed by atoms with Crippen LogP contribution in [0.2, 0.25) is 0 Å². The van der Waals surface area contributed by atoms with Gasteiger partial charge in [-0.15, -0.1) is 0 Å². The maximum atomic E-state index is 13.1. The Kier molecular flexibility index (Phi) is 7.46. The van der Waals surface area contributed by atoms with Gasteiger partial charge in [0.2, 0.25) is 5.91 Å². The van der Waals surface area contributed by atoms with E-state index in [0.717, 1.165) is 49.9 Å². The maximum absolute atomic E-state index is 13.1. The van der Waals surface area contributed by atoms with Crippen LogP contribution in [0.25, 0.3) is 0 Å². The predicted octanol–water partition coefficient (Wildman–Crippen LogP) is 2.50. The third-order valence-corrected chi connectivity index (χ3v) is 7.37. The van der Waals surface area contributed by atoms with Crippen LogP contribution in [-0.4, -0.2) is 36.1 Å². The molecular formula is C27H35N3O3. The van der Waals surface area contributed by atoms with Crippen LogP contribution < -0.4 is 16.4 Å². The molecule has 5 N–H and O–H groups in total. The number of rotatable bonds is 6. The molecule has 3 fully saturated rings. The maximum Gasteiger partial charge on any atom is 0.257 e. The first kappa shape index (κ1) is 23.5. The summed E-state index contributed by atoms with van der Waals surface area (Å²) in [7, 11) is 0. The molecule has 2 amide bonds. The standard InChI is InChI=1S/C19H26N2O2.C8H9NO/c22-18(21-17-15-11-20-12-16(15)17)19(23,13-7-3-1-4-8-13)14-9-5-2-6-10-14;9-8(10)6-7-4-2-1-3-5-7/h1,3-4,7-8,14-17,20,23H,2,5-6,9-12H2,(H,21,22);1-5H,6H2,(H2,9,10)/t15-,16?,17+,19?;/m0./s1. The largest absolute Gasteiger partial charge is 0.375 e. The van der Waals surface area contributed by atoms with Crippen LogP contribution in [0.4, 0.5) is 0 Å². The van der Waals surface area contributed by atoms with Gasteiger partial charge in [0, 0.05) is 25.0 Å². The molecule has 2 saturated carbocycles. The van der Waals surface area contributed by atoms with Crippen LogP contribution in [0.1, 0.15) is 43.2 Å². The number of carbonyl (C=O) groups is 2. The lowest BCUT2D eigenvalue weighted by molar-refractivity contribution is -0.149. The highest BCUT2D eigenvalue weighted by molar-refractivity contribution is 5.87. The van der Waals surface area contributed by atoms with Gasteiger partial charge in [-0.05, 0) is 35.8 Å². The first-order chi connectivity index (χ1) is 16.0. The fraction of sp³-hybridized carbons (Fsp3) is 0.481. The number of nitrogens with one attached hydrogen (secondary N) is 2. The second-order valence-corrected chi connectivity index (χ2v) is 9.58. The van der Waals surface area contributed by atoms with Crippen molar-refractivity contribution >= 4 is 11.8 Å². The van der Waals surface area contributed by atoms with Crippen molar-refractivity contribution in [2.45, 2.75) is 50.2 Å². The first-order valence-corrected chi connectivity index (χ1v) is 12.1. The van der Waals surface area contributed by atoms with E-state index < -0.39 is 5.60 Å². The molecule has 0 aromatic heterocycles. The quantitative estimate of drug-likeness (QED) is 0.544. The summed E-state index contributed by atoms with van der Waals surface area (Å²) in [6.45, 7) is 1.98. The van der Waals surface area contributed by atoms with Gasteiger partial charge in [0.15, 0.2) is 5.60 Å². The number of hydrogen-bond donors (Lipinski definition) is 4. The molecule has 1 saturated heterocycles. The lowest BCUT2D eigenvalue weighted by Crippen LogP contribution is -2.51. The van der Waals surface area contributed by atoms with E-state index in [1.807, 2.05) is 60.7 Å². The minimum absolute atomic E-state index is 0.0235. The summed E-state index contributed by atoms with van der Waals surface area (Å²) in [6, 6.07) is 19.2.